The molecular weight excluding hydrogens is 248 g/mol. The van der Waals surface area contributed by atoms with Crippen molar-refractivity contribution in [2.24, 2.45) is 0 Å². The van der Waals surface area contributed by atoms with Crippen molar-refractivity contribution < 1.29 is 0 Å². The Bertz CT molecular complexity index is 550. The molecule has 2 aromatic heterocycles. The molecule has 2 heterocycles. The third kappa shape index (κ3) is 3.45. The highest BCUT2D eigenvalue weighted by atomic mass is 15.3. The molecule has 0 aliphatic heterocycles. The summed E-state index contributed by atoms with van der Waals surface area (Å²) in [6.45, 7) is 11.7. The van der Waals surface area contributed by atoms with Crippen molar-refractivity contribution in [3.8, 4) is 5.82 Å². The Labute approximate surface area is 121 Å². The van der Waals surface area contributed by atoms with E-state index in [1.165, 1.54) is 11.3 Å². The Balaban J connectivity index is 2.34. The van der Waals surface area contributed by atoms with Crippen molar-refractivity contribution in [2.45, 2.75) is 52.6 Å². The molecule has 0 aliphatic carbocycles. The van der Waals surface area contributed by atoms with Gasteiger partial charge in [-0.2, -0.15) is 5.10 Å². The maximum absolute atomic E-state index is 4.52. The molecule has 0 unspecified atom stereocenters. The van der Waals surface area contributed by atoms with Crippen molar-refractivity contribution in [1.82, 2.24) is 20.1 Å². The lowest BCUT2D eigenvalue weighted by atomic mass is 10.0. The maximum atomic E-state index is 4.52. The minimum atomic E-state index is 0.0986. The Morgan fingerprint density at radius 1 is 1.25 bits per heavy atom. The van der Waals surface area contributed by atoms with Gasteiger partial charge in [0.1, 0.15) is 0 Å². The normalized spacial score (nSPS) is 12.1. The number of nitrogens with one attached hydrogen (secondary N) is 1. The van der Waals surface area contributed by atoms with Crippen molar-refractivity contribution in [3.63, 3.8) is 0 Å². The number of hydrogen-bond donors (Lipinski definition) is 1. The van der Waals surface area contributed by atoms with Crippen LogP contribution in [0, 0.1) is 0 Å². The van der Waals surface area contributed by atoms with Gasteiger partial charge in [-0.3, -0.25) is 0 Å². The maximum Gasteiger partial charge on any atom is 0.153 e. The van der Waals surface area contributed by atoms with E-state index < -0.39 is 0 Å². The van der Waals surface area contributed by atoms with E-state index in [0.29, 0.717) is 5.92 Å². The molecule has 4 heteroatoms. The van der Waals surface area contributed by atoms with Gasteiger partial charge in [-0.05, 0) is 38.8 Å². The summed E-state index contributed by atoms with van der Waals surface area (Å²) in [5.74, 6) is 1.27. The predicted octanol–water partition coefficient (Wildman–Crippen LogP) is 3.28. The summed E-state index contributed by atoms with van der Waals surface area (Å²) in [5, 5.41) is 8.05. The number of hydrogen-bond acceptors (Lipinski definition) is 3. The molecule has 1 N–H and O–H groups in total. The molecule has 0 saturated heterocycles. The molecule has 0 aromatic carbocycles. The SMILES string of the molecule is CC(C)c1c(CNC(C)(C)C)cnn1-c1ccccn1. The Morgan fingerprint density at radius 2 is 2.00 bits per heavy atom. The summed E-state index contributed by atoms with van der Waals surface area (Å²) < 4.78 is 1.95. The fraction of sp³-hybridized carbons (Fsp3) is 0.500. The van der Waals surface area contributed by atoms with E-state index in [4.69, 9.17) is 0 Å². The summed E-state index contributed by atoms with van der Waals surface area (Å²) >= 11 is 0. The summed E-state index contributed by atoms with van der Waals surface area (Å²) in [5.41, 5.74) is 2.56. The van der Waals surface area contributed by atoms with Crippen LogP contribution < -0.4 is 5.32 Å². The van der Waals surface area contributed by atoms with Crippen molar-refractivity contribution >= 4 is 0 Å². The number of pyridine rings is 1. The second-order valence-corrected chi connectivity index (χ2v) is 6.41. The standard InChI is InChI=1S/C16H24N4/c1-12(2)15-13(10-18-16(3,4)5)11-19-20(15)14-8-6-7-9-17-14/h6-9,11-12,18H,10H2,1-5H3. The highest BCUT2D eigenvalue weighted by Crippen LogP contribution is 2.22. The first kappa shape index (κ1) is 14.7. The van der Waals surface area contributed by atoms with Crippen molar-refractivity contribution in [3.05, 3.63) is 41.9 Å². The van der Waals surface area contributed by atoms with Gasteiger partial charge in [0.25, 0.3) is 0 Å². The highest BCUT2D eigenvalue weighted by molar-refractivity contribution is 5.30. The minimum Gasteiger partial charge on any atom is -0.308 e. The van der Waals surface area contributed by atoms with Gasteiger partial charge < -0.3 is 5.32 Å². The van der Waals surface area contributed by atoms with Crippen LogP contribution in [0.3, 0.4) is 0 Å². The first-order valence-electron chi connectivity index (χ1n) is 7.12. The van der Waals surface area contributed by atoms with Gasteiger partial charge in [0, 0.05) is 23.8 Å². The third-order valence-corrected chi connectivity index (χ3v) is 3.11. The van der Waals surface area contributed by atoms with E-state index in [2.05, 4.69) is 50.0 Å². The van der Waals surface area contributed by atoms with Crippen LogP contribution in [0.2, 0.25) is 0 Å². The number of rotatable bonds is 4. The molecule has 20 heavy (non-hydrogen) atoms. The Hall–Kier alpha value is -1.68. The molecule has 0 radical (unpaired) electrons. The molecule has 2 aromatic rings. The van der Waals surface area contributed by atoms with Crippen molar-refractivity contribution in [1.29, 1.82) is 0 Å². The van der Waals surface area contributed by atoms with Crippen LogP contribution in [0.1, 0.15) is 51.8 Å². The topological polar surface area (TPSA) is 42.7 Å². The lowest BCUT2D eigenvalue weighted by molar-refractivity contribution is 0.423. The average Bonchev–Trinajstić information content (AvgIpc) is 2.80. The molecule has 4 nitrogen and oxygen atoms in total. The zero-order valence-electron chi connectivity index (χ0n) is 13.0. The van der Waals surface area contributed by atoms with Gasteiger partial charge >= 0.3 is 0 Å². The summed E-state index contributed by atoms with van der Waals surface area (Å²) in [4.78, 5) is 4.39. The van der Waals surface area contributed by atoms with Gasteiger partial charge in [0.2, 0.25) is 0 Å². The predicted molar refractivity (Wildman–Crippen MR) is 82.0 cm³/mol. The van der Waals surface area contributed by atoms with Crippen LogP contribution in [0.4, 0.5) is 0 Å². The van der Waals surface area contributed by atoms with Crippen LogP contribution in [-0.4, -0.2) is 20.3 Å². The van der Waals surface area contributed by atoms with E-state index in [1.54, 1.807) is 6.20 Å². The first-order valence-corrected chi connectivity index (χ1v) is 7.12. The van der Waals surface area contributed by atoms with E-state index in [-0.39, 0.29) is 5.54 Å². The van der Waals surface area contributed by atoms with Gasteiger partial charge in [-0.1, -0.05) is 19.9 Å². The van der Waals surface area contributed by atoms with Gasteiger partial charge in [-0.15, -0.1) is 0 Å². The molecule has 0 bridgehead atoms. The fourth-order valence-electron chi connectivity index (χ4n) is 2.17. The number of nitrogens with zero attached hydrogens (tertiary/aromatic N) is 3. The smallest absolute Gasteiger partial charge is 0.153 e. The second kappa shape index (κ2) is 5.75. The molecular formula is C16H24N4. The molecule has 0 fully saturated rings. The van der Waals surface area contributed by atoms with E-state index in [1.807, 2.05) is 29.1 Å². The third-order valence-electron chi connectivity index (χ3n) is 3.11. The van der Waals surface area contributed by atoms with Crippen LogP contribution in [0.25, 0.3) is 5.82 Å². The van der Waals surface area contributed by atoms with E-state index >= 15 is 0 Å². The molecule has 0 spiro atoms. The quantitative estimate of drug-likeness (QED) is 0.928. The van der Waals surface area contributed by atoms with Crippen LogP contribution >= 0.6 is 0 Å². The molecule has 2 rings (SSSR count). The van der Waals surface area contributed by atoms with E-state index in [9.17, 15) is 0 Å². The monoisotopic (exact) mass is 272 g/mol. The zero-order chi connectivity index (χ0) is 14.8. The second-order valence-electron chi connectivity index (χ2n) is 6.41. The van der Waals surface area contributed by atoms with Crippen LogP contribution in [0.15, 0.2) is 30.6 Å². The summed E-state index contributed by atoms with van der Waals surface area (Å²) in [6, 6.07) is 5.89. The fourth-order valence-corrected chi connectivity index (χ4v) is 2.17. The van der Waals surface area contributed by atoms with Gasteiger partial charge in [-0.25, -0.2) is 9.67 Å². The summed E-state index contributed by atoms with van der Waals surface area (Å²) in [7, 11) is 0. The molecule has 0 atom stereocenters. The molecule has 108 valence electrons. The molecule has 0 aliphatic rings. The Morgan fingerprint density at radius 3 is 2.55 bits per heavy atom. The zero-order valence-corrected chi connectivity index (χ0v) is 13.0. The van der Waals surface area contributed by atoms with Crippen LogP contribution in [0.5, 0.6) is 0 Å². The van der Waals surface area contributed by atoms with Gasteiger partial charge in [0.05, 0.1) is 11.9 Å². The van der Waals surface area contributed by atoms with E-state index in [0.717, 1.165) is 12.4 Å². The van der Waals surface area contributed by atoms with Crippen LogP contribution in [-0.2, 0) is 6.54 Å². The highest BCUT2D eigenvalue weighted by Gasteiger charge is 2.17. The largest absolute Gasteiger partial charge is 0.308 e. The minimum absolute atomic E-state index is 0.0986. The first-order chi connectivity index (χ1) is 9.38. The molecule has 0 amide bonds. The van der Waals surface area contributed by atoms with Crippen molar-refractivity contribution in [2.75, 3.05) is 0 Å². The lowest BCUT2D eigenvalue weighted by Gasteiger charge is -2.21. The average molecular weight is 272 g/mol. The lowest BCUT2D eigenvalue weighted by Crippen LogP contribution is -2.35. The van der Waals surface area contributed by atoms with Gasteiger partial charge in [0.15, 0.2) is 5.82 Å². The molecule has 0 saturated carbocycles. The Kier molecular flexibility index (Phi) is 4.23. The number of aromatic nitrogens is 3. The summed E-state index contributed by atoms with van der Waals surface area (Å²) in [6.07, 6.45) is 3.75.